The minimum Gasteiger partial charge on any atom is -0.461 e. The number of alkyl halides is 1. The number of carbonyl (C=O) groups excluding carboxylic acids is 1. The van der Waals surface area contributed by atoms with E-state index in [1.807, 2.05) is 0 Å². The van der Waals surface area contributed by atoms with Gasteiger partial charge in [-0.15, -0.1) is 0 Å². The lowest BCUT2D eigenvalue weighted by atomic mass is 9.67. The molecule has 0 aromatic carbocycles. The average molecular weight is 322 g/mol. The fourth-order valence-electron chi connectivity index (χ4n) is 3.02. The van der Waals surface area contributed by atoms with Crippen LogP contribution >= 0.6 is 22.6 Å². The van der Waals surface area contributed by atoms with Crippen LogP contribution in [0.5, 0.6) is 0 Å². The van der Waals surface area contributed by atoms with Crippen molar-refractivity contribution in [2.45, 2.75) is 50.1 Å². The van der Waals surface area contributed by atoms with Gasteiger partial charge in [0.2, 0.25) is 0 Å². The first-order valence-corrected chi connectivity index (χ1v) is 7.02. The van der Waals surface area contributed by atoms with E-state index in [0.29, 0.717) is 22.2 Å². The first-order valence-electron chi connectivity index (χ1n) is 5.77. The van der Waals surface area contributed by atoms with Gasteiger partial charge in [0.25, 0.3) is 0 Å². The molecule has 1 aliphatic heterocycles. The number of hydrogen-bond acceptors (Lipinski definition) is 2. The number of fused-ring (bicyclic) bond motifs is 1. The van der Waals surface area contributed by atoms with Crippen LogP contribution in [0.2, 0.25) is 0 Å². The van der Waals surface area contributed by atoms with Crippen LogP contribution in [-0.4, -0.2) is 16.0 Å². The Kier molecular flexibility index (Phi) is 3.03. The van der Waals surface area contributed by atoms with Crippen molar-refractivity contribution in [1.29, 1.82) is 0 Å². The molecule has 0 aromatic rings. The highest BCUT2D eigenvalue weighted by Gasteiger charge is 2.53. The summed E-state index contributed by atoms with van der Waals surface area (Å²) in [6.45, 7) is 6.76. The predicted octanol–water partition coefficient (Wildman–Crippen LogP) is 3.18. The van der Waals surface area contributed by atoms with Gasteiger partial charge in [0, 0.05) is 5.41 Å². The van der Waals surface area contributed by atoms with Gasteiger partial charge < -0.3 is 4.74 Å². The zero-order chi connectivity index (χ0) is 11.2. The van der Waals surface area contributed by atoms with Gasteiger partial charge in [-0.1, -0.05) is 43.4 Å². The van der Waals surface area contributed by atoms with E-state index in [0.717, 1.165) is 6.42 Å². The van der Waals surface area contributed by atoms with Gasteiger partial charge in [-0.25, -0.2) is 0 Å². The maximum atomic E-state index is 11.4. The molecular weight excluding hydrogens is 303 g/mol. The molecule has 0 bridgehead atoms. The standard InChI is InChI=1S/C12H19IO2/c1-7(2)8-4-5-12(3)6-9(14)15-11(12)10(8)13/h7-8,10-11H,4-6H2,1-3H3/t8-,10+,11-,12-/m1/s1. The normalized spacial score (nSPS) is 45.4. The minimum atomic E-state index is 0.00794. The summed E-state index contributed by atoms with van der Waals surface area (Å²) in [7, 11) is 0. The Bertz CT molecular complexity index is 277. The largest absolute Gasteiger partial charge is 0.461 e. The van der Waals surface area contributed by atoms with Gasteiger partial charge in [-0.05, 0) is 24.7 Å². The van der Waals surface area contributed by atoms with E-state index in [2.05, 4.69) is 43.4 Å². The van der Waals surface area contributed by atoms with Crippen molar-refractivity contribution in [2.24, 2.45) is 17.3 Å². The van der Waals surface area contributed by atoms with Crippen LogP contribution in [0.15, 0.2) is 0 Å². The maximum absolute atomic E-state index is 11.4. The van der Waals surface area contributed by atoms with Crippen LogP contribution in [0.3, 0.4) is 0 Å². The molecule has 3 heteroatoms. The Morgan fingerprint density at radius 3 is 2.80 bits per heavy atom. The molecule has 4 atom stereocenters. The fraction of sp³-hybridized carbons (Fsp3) is 0.917. The van der Waals surface area contributed by atoms with E-state index in [1.165, 1.54) is 6.42 Å². The molecule has 0 N–H and O–H groups in total. The molecule has 0 amide bonds. The molecule has 0 unspecified atom stereocenters. The van der Waals surface area contributed by atoms with Crippen LogP contribution in [0.1, 0.15) is 40.0 Å². The third kappa shape index (κ3) is 1.92. The quantitative estimate of drug-likeness (QED) is 0.421. The van der Waals surface area contributed by atoms with Crippen LogP contribution in [0.25, 0.3) is 0 Å². The monoisotopic (exact) mass is 322 g/mol. The third-order valence-electron chi connectivity index (χ3n) is 4.10. The van der Waals surface area contributed by atoms with Crippen molar-refractivity contribution in [2.75, 3.05) is 0 Å². The van der Waals surface area contributed by atoms with E-state index in [9.17, 15) is 4.79 Å². The van der Waals surface area contributed by atoms with Crippen molar-refractivity contribution < 1.29 is 9.53 Å². The number of rotatable bonds is 1. The summed E-state index contributed by atoms with van der Waals surface area (Å²) in [4.78, 5) is 11.4. The zero-order valence-electron chi connectivity index (χ0n) is 9.63. The molecule has 2 rings (SSSR count). The average Bonchev–Trinajstić information content (AvgIpc) is 2.41. The molecule has 0 radical (unpaired) electrons. The molecule has 1 saturated carbocycles. The Balaban J connectivity index is 2.19. The van der Waals surface area contributed by atoms with E-state index in [-0.39, 0.29) is 17.5 Å². The lowest BCUT2D eigenvalue weighted by Gasteiger charge is -2.43. The number of esters is 1. The van der Waals surface area contributed by atoms with E-state index < -0.39 is 0 Å². The highest BCUT2D eigenvalue weighted by Crippen LogP contribution is 2.51. The Hall–Kier alpha value is 0.200. The molecule has 1 heterocycles. The molecule has 1 saturated heterocycles. The van der Waals surface area contributed by atoms with Gasteiger partial charge in [-0.3, -0.25) is 4.79 Å². The van der Waals surface area contributed by atoms with Gasteiger partial charge in [-0.2, -0.15) is 0 Å². The van der Waals surface area contributed by atoms with E-state index in [1.54, 1.807) is 0 Å². The highest BCUT2D eigenvalue weighted by atomic mass is 127. The number of halogens is 1. The lowest BCUT2D eigenvalue weighted by Crippen LogP contribution is -2.45. The van der Waals surface area contributed by atoms with Crippen molar-refractivity contribution >= 4 is 28.6 Å². The van der Waals surface area contributed by atoms with Crippen LogP contribution in [0.4, 0.5) is 0 Å². The molecule has 0 spiro atoms. The number of ether oxygens (including phenoxy) is 1. The van der Waals surface area contributed by atoms with Gasteiger partial charge >= 0.3 is 5.97 Å². The first-order chi connectivity index (χ1) is 6.94. The van der Waals surface area contributed by atoms with Crippen molar-refractivity contribution in [3.05, 3.63) is 0 Å². The fourth-order valence-corrected chi connectivity index (χ4v) is 5.22. The summed E-state index contributed by atoms with van der Waals surface area (Å²) in [6.07, 6.45) is 3.18. The summed E-state index contributed by atoms with van der Waals surface area (Å²) < 4.78 is 6.01. The predicted molar refractivity (Wildman–Crippen MR) is 68.0 cm³/mol. The SMILES string of the molecule is CC(C)[C@H]1CC[C@]2(C)CC(=O)O[C@@H]2[C@H]1I. The lowest BCUT2D eigenvalue weighted by molar-refractivity contribution is -0.142. The molecule has 0 aromatic heterocycles. The van der Waals surface area contributed by atoms with E-state index >= 15 is 0 Å². The second-order valence-corrected chi connectivity index (χ2v) is 7.07. The molecule has 15 heavy (non-hydrogen) atoms. The third-order valence-corrected chi connectivity index (χ3v) is 5.67. The van der Waals surface area contributed by atoms with Crippen molar-refractivity contribution in [1.82, 2.24) is 0 Å². The van der Waals surface area contributed by atoms with E-state index in [4.69, 9.17) is 4.74 Å². The molecule has 2 nitrogen and oxygen atoms in total. The smallest absolute Gasteiger partial charge is 0.306 e. The van der Waals surface area contributed by atoms with Crippen molar-refractivity contribution in [3.63, 3.8) is 0 Å². The molecular formula is C12H19IO2. The number of hydrogen-bond donors (Lipinski definition) is 0. The summed E-state index contributed by atoms with van der Waals surface area (Å²) >= 11 is 2.49. The van der Waals surface area contributed by atoms with Crippen molar-refractivity contribution in [3.8, 4) is 0 Å². The minimum absolute atomic E-state index is 0.00794. The Labute approximate surface area is 105 Å². The molecule has 86 valence electrons. The first kappa shape index (κ1) is 11.7. The summed E-state index contributed by atoms with van der Waals surface area (Å²) in [6, 6.07) is 0. The topological polar surface area (TPSA) is 26.3 Å². The zero-order valence-corrected chi connectivity index (χ0v) is 11.8. The Morgan fingerprint density at radius 1 is 1.53 bits per heavy atom. The van der Waals surface area contributed by atoms with Crippen LogP contribution in [0, 0.1) is 17.3 Å². The summed E-state index contributed by atoms with van der Waals surface area (Å²) in [5, 5.41) is 0. The van der Waals surface area contributed by atoms with Gasteiger partial charge in [0.15, 0.2) is 0 Å². The van der Waals surface area contributed by atoms with Crippen LogP contribution in [-0.2, 0) is 9.53 Å². The Morgan fingerprint density at radius 2 is 2.20 bits per heavy atom. The maximum Gasteiger partial charge on any atom is 0.306 e. The number of carbonyl (C=O) groups is 1. The van der Waals surface area contributed by atoms with Gasteiger partial charge in [0.05, 0.1) is 10.3 Å². The van der Waals surface area contributed by atoms with Crippen LogP contribution < -0.4 is 0 Å². The summed E-state index contributed by atoms with van der Waals surface area (Å²) in [5.41, 5.74) is 0.119. The molecule has 2 aliphatic rings. The summed E-state index contributed by atoms with van der Waals surface area (Å²) in [5.74, 6) is 1.40. The highest BCUT2D eigenvalue weighted by molar-refractivity contribution is 14.1. The molecule has 2 fully saturated rings. The van der Waals surface area contributed by atoms with Gasteiger partial charge in [0.1, 0.15) is 6.10 Å². The molecule has 1 aliphatic carbocycles. The second-order valence-electron chi connectivity index (χ2n) is 5.63. The second kappa shape index (κ2) is 3.90.